The van der Waals surface area contributed by atoms with Crippen molar-refractivity contribution in [2.75, 3.05) is 0 Å². The minimum atomic E-state index is 0.814. The fourth-order valence-electron chi connectivity index (χ4n) is 2.28. The standard InChI is InChI=1S/C19H15S2/c20-17-12-7-13-18(19(17)16-10-5-2-6-11-16)21-14-15-8-3-1-4-9-15/h1-11H,12,14H2. The Labute approximate surface area is 135 Å². The molecular formula is C19H15S2. The van der Waals surface area contributed by atoms with Crippen LogP contribution in [0.4, 0.5) is 0 Å². The van der Waals surface area contributed by atoms with Gasteiger partial charge < -0.3 is 0 Å². The lowest BCUT2D eigenvalue weighted by molar-refractivity contribution is 1.41. The first kappa shape index (κ1) is 14.3. The van der Waals surface area contributed by atoms with Crippen molar-refractivity contribution in [1.29, 1.82) is 0 Å². The van der Waals surface area contributed by atoms with Gasteiger partial charge >= 0.3 is 0 Å². The Morgan fingerprint density at radius 2 is 1.62 bits per heavy atom. The van der Waals surface area contributed by atoms with E-state index in [1.54, 1.807) is 11.8 Å². The molecular weight excluding hydrogens is 292 g/mol. The van der Waals surface area contributed by atoms with Crippen LogP contribution in [0.5, 0.6) is 0 Å². The summed E-state index contributed by atoms with van der Waals surface area (Å²) in [7, 11) is 0. The van der Waals surface area contributed by atoms with E-state index in [2.05, 4.69) is 54.6 Å². The van der Waals surface area contributed by atoms with Crippen LogP contribution >= 0.6 is 24.0 Å². The van der Waals surface area contributed by atoms with Crippen molar-refractivity contribution in [2.45, 2.75) is 12.2 Å². The Bertz CT molecular complexity index is 682. The van der Waals surface area contributed by atoms with Crippen LogP contribution in [-0.4, -0.2) is 4.86 Å². The average Bonchev–Trinajstić information content (AvgIpc) is 2.55. The minimum absolute atomic E-state index is 0.814. The van der Waals surface area contributed by atoms with Gasteiger partial charge in [0.15, 0.2) is 0 Å². The molecule has 0 heterocycles. The highest BCUT2D eigenvalue weighted by Gasteiger charge is 2.16. The quantitative estimate of drug-likeness (QED) is 0.687. The maximum atomic E-state index is 5.57. The summed E-state index contributed by atoms with van der Waals surface area (Å²) in [4.78, 5) is 2.16. The predicted octanol–water partition coefficient (Wildman–Crippen LogP) is 5.46. The second kappa shape index (κ2) is 6.88. The number of allylic oxidation sites excluding steroid dienone is 3. The lowest BCUT2D eigenvalue weighted by atomic mass is 9.97. The maximum Gasteiger partial charge on any atom is 0.0280 e. The predicted molar refractivity (Wildman–Crippen MR) is 96.1 cm³/mol. The van der Waals surface area contributed by atoms with E-state index in [9.17, 15) is 0 Å². The van der Waals surface area contributed by atoms with Crippen molar-refractivity contribution in [3.05, 3.63) is 88.8 Å². The Balaban J connectivity index is 1.89. The highest BCUT2D eigenvalue weighted by Crippen LogP contribution is 2.34. The van der Waals surface area contributed by atoms with Gasteiger partial charge in [-0.1, -0.05) is 79.0 Å². The molecule has 0 N–H and O–H groups in total. The molecule has 0 aromatic heterocycles. The van der Waals surface area contributed by atoms with Crippen molar-refractivity contribution in [1.82, 2.24) is 0 Å². The summed E-state index contributed by atoms with van der Waals surface area (Å²) in [6, 6.07) is 20.9. The Hall–Kier alpha value is -1.64. The summed E-state index contributed by atoms with van der Waals surface area (Å²) >= 11 is 7.38. The van der Waals surface area contributed by atoms with Gasteiger partial charge in [0.05, 0.1) is 0 Å². The normalized spacial score (nSPS) is 14.6. The van der Waals surface area contributed by atoms with Gasteiger partial charge in [0, 0.05) is 27.5 Å². The molecule has 2 aromatic carbocycles. The zero-order valence-electron chi connectivity index (χ0n) is 11.6. The van der Waals surface area contributed by atoms with E-state index in [0.29, 0.717) is 0 Å². The van der Waals surface area contributed by atoms with Gasteiger partial charge in [-0.15, -0.1) is 11.8 Å². The molecule has 0 saturated carbocycles. The van der Waals surface area contributed by atoms with Gasteiger partial charge in [0.2, 0.25) is 0 Å². The van der Waals surface area contributed by atoms with Crippen LogP contribution in [0.3, 0.4) is 0 Å². The average molecular weight is 307 g/mol. The largest absolute Gasteiger partial charge is 0.120 e. The van der Waals surface area contributed by atoms with Gasteiger partial charge in [-0.3, -0.25) is 0 Å². The number of hydrogen-bond acceptors (Lipinski definition) is 2. The van der Waals surface area contributed by atoms with Crippen LogP contribution in [0, 0.1) is 6.08 Å². The fourth-order valence-corrected chi connectivity index (χ4v) is 3.70. The molecule has 0 aliphatic heterocycles. The third-order valence-electron chi connectivity index (χ3n) is 3.31. The molecule has 1 aliphatic rings. The van der Waals surface area contributed by atoms with Crippen LogP contribution in [-0.2, 0) is 5.75 Å². The van der Waals surface area contributed by atoms with Crippen molar-refractivity contribution < 1.29 is 0 Å². The minimum Gasteiger partial charge on any atom is -0.120 e. The van der Waals surface area contributed by atoms with Gasteiger partial charge in [0.1, 0.15) is 0 Å². The van der Waals surface area contributed by atoms with Crippen molar-refractivity contribution in [3.8, 4) is 0 Å². The summed E-state index contributed by atoms with van der Waals surface area (Å²) in [5.74, 6) is 0.940. The van der Waals surface area contributed by atoms with Crippen LogP contribution < -0.4 is 0 Å². The van der Waals surface area contributed by atoms with E-state index >= 15 is 0 Å². The van der Waals surface area contributed by atoms with Crippen LogP contribution in [0.25, 0.3) is 5.57 Å². The van der Waals surface area contributed by atoms with E-state index < -0.39 is 0 Å². The van der Waals surface area contributed by atoms with E-state index in [1.807, 2.05) is 18.2 Å². The van der Waals surface area contributed by atoms with Crippen molar-refractivity contribution >= 4 is 34.4 Å². The van der Waals surface area contributed by atoms with Gasteiger partial charge in [-0.25, -0.2) is 0 Å². The summed E-state index contributed by atoms with van der Waals surface area (Å²) in [5.41, 5.74) is 3.69. The third kappa shape index (κ3) is 3.52. The van der Waals surface area contributed by atoms with Gasteiger partial charge in [0.25, 0.3) is 0 Å². The smallest absolute Gasteiger partial charge is 0.0280 e. The monoisotopic (exact) mass is 307 g/mol. The number of thiocarbonyl (C=S) groups is 1. The highest BCUT2D eigenvalue weighted by atomic mass is 32.2. The lowest BCUT2D eigenvalue weighted by Crippen LogP contribution is -2.04. The van der Waals surface area contributed by atoms with Crippen molar-refractivity contribution in [2.24, 2.45) is 0 Å². The first-order valence-electron chi connectivity index (χ1n) is 6.92. The van der Waals surface area contributed by atoms with E-state index in [-0.39, 0.29) is 0 Å². The third-order valence-corrected chi connectivity index (χ3v) is 4.77. The molecule has 2 aromatic rings. The zero-order chi connectivity index (χ0) is 14.5. The number of benzene rings is 2. The maximum absolute atomic E-state index is 5.57. The molecule has 1 radical (unpaired) electrons. The highest BCUT2D eigenvalue weighted by molar-refractivity contribution is 8.02. The Morgan fingerprint density at radius 1 is 0.952 bits per heavy atom. The Kier molecular flexibility index (Phi) is 4.69. The van der Waals surface area contributed by atoms with Crippen LogP contribution in [0.15, 0.2) is 71.6 Å². The molecule has 0 amide bonds. The molecule has 3 rings (SSSR count). The first-order valence-corrected chi connectivity index (χ1v) is 8.32. The second-order valence-electron chi connectivity index (χ2n) is 4.82. The molecule has 2 heteroatoms. The molecule has 0 spiro atoms. The van der Waals surface area contributed by atoms with Crippen LogP contribution in [0.1, 0.15) is 17.5 Å². The molecule has 0 saturated heterocycles. The molecule has 1 aliphatic carbocycles. The summed E-state index contributed by atoms with van der Waals surface area (Å²) in [5, 5.41) is 0. The molecule has 0 bridgehead atoms. The molecule has 0 fully saturated rings. The van der Waals surface area contributed by atoms with Gasteiger partial charge in [-0.05, 0) is 17.2 Å². The topological polar surface area (TPSA) is 0 Å². The molecule has 103 valence electrons. The SMILES string of the molecule is S=C1CC=[C]C(SCc2ccccc2)=C1c1ccccc1. The second-order valence-corrected chi connectivity index (χ2v) is 6.30. The number of rotatable bonds is 4. The molecule has 0 unspecified atom stereocenters. The Morgan fingerprint density at radius 3 is 2.33 bits per heavy atom. The zero-order valence-corrected chi connectivity index (χ0v) is 13.2. The molecule has 21 heavy (non-hydrogen) atoms. The van der Waals surface area contributed by atoms with Gasteiger partial charge in [-0.2, -0.15) is 0 Å². The first-order chi connectivity index (χ1) is 10.3. The van der Waals surface area contributed by atoms with E-state index in [4.69, 9.17) is 12.2 Å². The number of hydrogen-bond donors (Lipinski definition) is 0. The summed E-state index contributed by atoms with van der Waals surface area (Å²) in [6.07, 6.45) is 6.26. The van der Waals surface area contributed by atoms with E-state index in [1.165, 1.54) is 16.7 Å². The number of thioether (sulfide) groups is 1. The van der Waals surface area contributed by atoms with Crippen LogP contribution in [0.2, 0.25) is 0 Å². The summed E-state index contributed by atoms with van der Waals surface area (Å²) < 4.78 is 0. The fraction of sp³-hybridized carbons (Fsp3) is 0.105. The van der Waals surface area contributed by atoms with Crippen molar-refractivity contribution in [3.63, 3.8) is 0 Å². The summed E-state index contributed by atoms with van der Waals surface area (Å²) in [6.45, 7) is 0. The van der Waals surface area contributed by atoms with E-state index in [0.717, 1.165) is 21.9 Å². The molecule has 0 atom stereocenters. The lowest BCUT2D eigenvalue weighted by Gasteiger charge is -2.16. The molecule has 0 nitrogen and oxygen atoms in total.